The summed E-state index contributed by atoms with van der Waals surface area (Å²) < 4.78 is 20.8. The topological polar surface area (TPSA) is 58.6 Å². The summed E-state index contributed by atoms with van der Waals surface area (Å²) in [5.74, 6) is 0. The Morgan fingerprint density at radius 2 is 1.22 bits per heavy atom. The Kier molecular flexibility index (Phi) is 16.3. The maximum absolute atomic E-state index is 11.3. The van der Waals surface area contributed by atoms with Crippen LogP contribution in [0.1, 0.15) is 65.2 Å². The van der Waals surface area contributed by atoms with Crippen molar-refractivity contribution in [3.63, 3.8) is 0 Å². The van der Waals surface area contributed by atoms with Crippen LogP contribution in [0.2, 0.25) is 0 Å². The Balaban J connectivity index is 0. The maximum Gasteiger partial charge on any atom is 2.00 e. The van der Waals surface area contributed by atoms with Crippen LogP contribution in [0.15, 0.2) is 0 Å². The number of phosphoric ester groups is 1. The predicted octanol–water partition coefficient (Wildman–Crippen LogP) is 3.65. The summed E-state index contributed by atoms with van der Waals surface area (Å²) in [6.07, 6.45) is 8.05. The Bertz CT molecular complexity index is 196. The fourth-order valence-corrected chi connectivity index (χ4v) is 2.23. The third-order valence-corrected chi connectivity index (χ3v) is 3.49. The zero-order chi connectivity index (χ0) is 13.0. The number of phosphoric acid groups is 1. The molecule has 0 bridgehead atoms. The van der Waals surface area contributed by atoms with Crippen molar-refractivity contribution in [2.75, 3.05) is 13.2 Å². The number of hydrogen-bond acceptors (Lipinski definition) is 4. The van der Waals surface area contributed by atoms with Gasteiger partial charge in [-0.05, 0) is 12.8 Å². The molecule has 0 aromatic heterocycles. The quantitative estimate of drug-likeness (QED) is 0.312. The molecule has 0 radical (unpaired) electrons. The second kappa shape index (κ2) is 14.0. The van der Waals surface area contributed by atoms with E-state index in [4.69, 9.17) is 9.05 Å². The van der Waals surface area contributed by atoms with Gasteiger partial charge in [0.15, 0.2) is 0 Å². The normalized spacial score (nSPS) is 11.3. The molecule has 6 heteroatoms. The van der Waals surface area contributed by atoms with Crippen molar-refractivity contribution < 1.29 is 35.0 Å². The van der Waals surface area contributed by atoms with Crippen molar-refractivity contribution in [1.82, 2.24) is 0 Å². The number of rotatable bonds is 12. The molecule has 0 rings (SSSR count). The zero-order valence-electron chi connectivity index (χ0n) is 11.5. The van der Waals surface area contributed by atoms with Gasteiger partial charge in [0.05, 0.1) is 13.2 Å². The van der Waals surface area contributed by atoms with Crippen molar-refractivity contribution in [2.45, 2.75) is 65.2 Å². The van der Waals surface area contributed by atoms with Gasteiger partial charge in [0.1, 0.15) is 0 Å². The van der Waals surface area contributed by atoms with Gasteiger partial charge in [0.25, 0.3) is 7.82 Å². The Morgan fingerprint density at radius 3 is 1.56 bits per heavy atom. The summed E-state index contributed by atoms with van der Waals surface area (Å²) in [7, 11) is -4.04. The van der Waals surface area contributed by atoms with E-state index >= 15 is 0 Å². The van der Waals surface area contributed by atoms with Crippen LogP contribution in [-0.2, 0) is 30.1 Å². The van der Waals surface area contributed by atoms with E-state index in [1.165, 1.54) is 0 Å². The molecule has 0 saturated heterocycles. The Hall–Kier alpha value is 0.604. The van der Waals surface area contributed by atoms with Crippen LogP contribution in [0.3, 0.4) is 0 Å². The summed E-state index contributed by atoms with van der Waals surface area (Å²) in [6, 6.07) is 0. The van der Waals surface area contributed by atoms with Gasteiger partial charge in [0.2, 0.25) is 0 Å². The molecule has 0 aliphatic heterocycles. The van der Waals surface area contributed by atoms with Crippen molar-refractivity contribution in [3.05, 3.63) is 0 Å². The van der Waals surface area contributed by atoms with E-state index in [0.29, 0.717) is 0 Å². The summed E-state index contributed by atoms with van der Waals surface area (Å²) in [5.41, 5.74) is 0. The van der Waals surface area contributed by atoms with E-state index in [-0.39, 0.29) is 29.7 Å². The average molecular weight is 324 g/mol. The van der Waals surface area contributed by atoms with Crippen molar-refractivity contribution in [1.29, 1.82) is 0 Å². The molecular weight excluding hydrogens is 298 g/mol. The average Bonchev–Trinajstić information content (AvgIpc) is 2.28. The van der Waals surface area contributed by atoms with Crippen LogP contribution in [0.25, 0.3) is 0 Å². The van der Waals surface area contributed by atoms with Gasteiger partial charge >= 0.3 is 16.5 Å². The molecule has 0 spiro atoms. The van der Waals surface area contributed by atoms with E-state index in [9.17, 15) is 9.46 Å². The molecule has 0 aromatic rings. The molecule has 0 aliphatic carbocycles. The largest absolute Gasteiger partial charge is 2.00 e. The molecule has 0 aromatic carbocycles. The molecule has 4 nitrogen and oxygen atoms in total. The first-order valence-corrected chi connectivity index (χ1v) is 8.18. The van der Waals surface area contributed by atoms with Crippen LogP contribution >= 0.6 is 7.82 Å². The summed E-state index contributed by atoms with van der Waals surface area (Å²) in [5, 5.41) is 0. The number of unbranched alkanes of at least 4 members (excludes halogenated alkanes) is 6. The fraction of sp³-hybridized carbons (Fsp3) is 1.00. The second-order valence-electron chi connectivity index (χ2n) is 4.23. The summed E-state index contributed by atoms with van der Waals surface area (Å²) in [6.45, 7) is 4.71. The van der Waals surface area contributed by atoms with E-state index in [0.717, 1.165) is 51.4 Å². The van der Waals surface area contributed by atoms with Gasteiger partial charge in [-0.3, -0.25) is 4.57 Å². The SMILES string of the molecule is CCCCCCOP(=O)([O-])OCCCCCC.[Ni+2]. The molecule has 0 aliphatic rings. The summed E-state index contributed by atoms with van der Waals surface area (Å²) in [4.78, 5) is 11.3. The zero-order valence-corrected chi connectivity index (χ0v) is 13.3. The summed E-state index contributed by atoms with van der Waals surface area (Å²) >= 11 is 0. The molecule has 0 unspecified atom stereocenters. The van der Waals surface area contributed by atoms with Crippen LogP contribution in [0.5, 0.6) is 0 Å². The fourth-order valence-electron chi connectivity index (χ4n) is 1.45. The van der Waals surface area contributed by atoms with Crippen molar-refractivity contribution in [3.8, 4) is 0 Å². The van der Waals surface area contributed by atoms with Crippen LogP contribution < -0.4 is 4.89 Å². The predicted molar refractivity (Wildman–Crippen MR) is 67.8 cm³/mol. The molecule has 0 amide bonds. The van der Waals surface area contributed by atoms with Gasteiger partial charge in [-0.15, -0.1) is 0 Å². The molecule has 0 heterocycles. The second-order valence-corrected chi connectivity index (χ2v) is 5.65. The molecule has 0 N–H and O–H groups in total. The van der Waals surface area contributed by atoms with Crippen LogP contribution in [0.4, 0.5) is 0 Å². The molecule has 18 heavy (non-hydrogen) atoms. The first-order chi connectivity index (χ1) is 8.12. The van der Waals surface area contributed by atoms with Crippen LogP contribution in [0, 0.1) is 0 Å². The van der Waals surface area contributed by atoms with Gasteiger partial charge < -0.3 is 13.9 Å². The minimum Gasteiger partial charge on any atom is -0.756 e. The minimum absolute atomic E-state index is 0. The Morgan fingerprint density at radius 1 is 0.833 bits per heavy atom. The van der Waals surface area contributed by atoms with Gasteiger partial charge in [-0.1, -0.05) is 52.4 Å². The van der Waals surface area contributed by atoms with Crippen molar-refractivity contribution >= 4 is 7.82 Å². The standard InChI is InChI=1S/C12H27O4P.Ni/c1-3-5-7-9-11-15-17(13,14)16-12-10-8-6-4-2;/h3-12H2,1-2H3,(H,13,14);/q;+2/p-1. The van der Waals surface area contributed by atoms with E-state index in [1.807, 2.05) is 0 Å². The molecule has 0 fully saturated rings. The van der Waals surface area contributed by atoms with Gasteiger partial charge in [-0.2, -0.15) is 0 Å². The third-order valence-electron chi connectivity index (χ3n) is 2.49. The molecular formula is C12H26NiO4P+. The third kappa shape index (κ3) is 14.7. The Labute approximate surface area is 121 Å². The maximum atomic E-state index is 11.3. The molecule has 0 saturated carbocycles. The number of hydrogen-bond donors (Lipinski definition) is 0. The van der Waals surface area contributed by atoms with Crippen LogP contribution in [-0.4, -0.2) is 13.2 Å². The first kappa shape index (κ1) is 20.9. The van der Waals surface area contributed by atoms with E-state index in [2.05, 4.69) is 13.8 Å². The monoisotopic (exact) mass is 323 g/mol. The first-order valence-electron chi connectivity index (χ1n) is 6.72. The smallest absolute Gasteiger partial charge is 0.756 e. The van der Waals surface area contributed by atoms with E-state index < -0.39 is 7.82 Å². The molecule has 0 atom stereocenters. The molecule has 112 valence electrons. The van der Waals surface area contributed by atoms with E-state index in [1.54, 1.807) is 0 Å². The minimum atomic E-state index is -4.04. The van der Waals surface area contributed by atoms with Gasteiger partial charge in [0, 0.05) is 0 Å². The van der Waals surface area contributed by atoms with Gasteiger partial charge in [-0.25, -0.2) is 0 Å². The van der Waals surface area contributed by atoms with Crippen molar-refractivity contribution in [2.24, 2.45) is 0 Å².